The van der Waals surface area contributed by atoms with Gasteiger partial charge < -0.3 is 0 Å². The largest absolute Gasteiger partial charge is 0.0616 e. The zero-order valence-electron chi connectivity index (χ0n) is 44.0. The minimum Gasteiger partial charge on any atom is -0.0616 e. The van der Waals surface area contributed by atoms with E-state index in [4.69, 9.17) is 0 Å². The van der Waals surface area contributed by atoms with E-state index < -0.39 is 0 Å². The van der Waals surface area contributed by atoms with Crippen LogP contribution in [0.15, 0.2) is 315 Å². The Morgan fingerprint density at radius 1 is 0.125 bits per heavy atom. The molecule has 0 radical (unpaired) electrons. The predicted octanol–water partition coefficient (Wildman–Crippen LogP) is 22.6. The van der Waals surface area contributed by atoms with Gasteiger partial charge in [0.1, 0.15) is 0 Å². The minimum atomic E-state index is 1.23. The molecule has 0 aliphatic heterocycles. The Bertz CT molecular complexity index is 4920. The van der Waals surface area contributed by atoms with Gasteiger partial charge in [0.05, 0.1) is 0 Å². The van der Waals surface area contributed by atoms with Crippen molar-refractivity contribution < 1.29 is 0 Å². The van der Waals surface area contributed by atoms with E-state index in [1.165, 1.54) is 153 Å². The molecule has 0 unspecified atom stereocenters. The number of fused-ring (bicyclic) bond motifs is 8. The quantitative estimate of drug-likeness (QED) is 0.146. The van der Waals surface area contributed by atoms with Crippen molar-refractivity contribution in [3.8, 4) is 66.8 Å². The van der Waals surface area contributed by atoms with Gasteiger partial charge in [-0.1, -0.05) is 297 Å². The topological polar surface area (TPSA) is 0 Å². The molecule has 0 bridgehead atoms. The molecule has 0 spiro atoms. The van der Waals surface area contributed by atoms with Crippen LogP contribution in [0.2, 0.25) is 0 Å². The van der Waals surface area contributed by atoms with Crippen LogP contribution in [0.4, 0.5) is 0 Å². The Morgan fingerprint density at radius 3 is 0.762 bits per heavy atom. The highest BCUT2D eigenvalue weighted by atomic mass is 14.2. The highest BCUT2D eigenvalue weighted by Crippen LogP contribution is 2.47. The monoisotopic (exact) mass is 1010 g/mol. The summed E-state index contributed by atoms with van der Waals surface area (Å²) >= 11 is 0. The van der Waals surface area contributed by atoms with Crippen molar-refractivity contribution in [1.82, 2.24) is 0 Å². The first-order chi connectivity index (χ1) is 39.7. The van der Waals surface area contributed by atoms with Gasteiger partial charge in [0.2, 0.25) is 0 Å². The molecule has 0 aromatic heterocycles. The van der Waals surface area contributed by atoms with Crippen LogP contribution in [0.25, 0.3) is 153 Å². The van der Waals surface area contributed by atoms with Crippen LogP contribution in [-0.4, -0.2) is 0 Å². The lowest BCUT2D eigenvalue weighted by molar-refractivity contribution is 1.63. The summed E-state index contributed by atoms with van der Waals surface area (Å²) in [5.74, 6) is 0. The molecule has 0 fully saturated rings. The second-order valence-electron chi connectivity index (χ2n) is 21.0. The maximum absolute atomic E-state index is 2.34. The van der Waals surface area contributed by atoms with Gasteiger partial charge in [-0.25, -0.2) is 0 Å². The second kappa shape index (κ2) is 19.9. The summed E-state index contributed by atoms with van der Waals surface area (Å²) in [4.78, 5) is 0. The van der Waals surface area contributed by atoms with E-state index in [2.05, 4.69) is 315 Å². The lowest BCUT2D eigenvalue weighted by Gasteiger charge is -2.18. The lowest BCUT2D eigenvalue weighted by atomic mass is 9.85. The van der Waals surface area contributed by atoms with Crippen LogP contribution in [0.5, 0.6) is 0 Å². The van der Waals surface area contributed by atoms with Crippen LogP contribution >= 0.6 is 0 Å². The molecular formula is C80H52. The molecule has 16 rings (SSSR count). The number of hydrogen-bond donors (Lipinski definition) is 0. The molecule has 0 nitrogen and oxygen atoms in total. The van der Waals surface area contributed by atoms with E-state index in [1.807, 2.05) is 0 Å². The number of rotatable bonds is 6. The molecule has 16 aromatic carbocycles. The van der Waals surface area contributed by atoms with Gasteiger partial charge >= 0.3 is 0 Å². The third-order valence-corrected chi connectivity index (χ3v) is 16.5. The smallest absolute Gasteiger partial charge is 0.00262 e. The standard InChI is InChI=1S/2C40H26/c1-3-11-31-25-33(23-19-27(31)9-1)29-17-21-30(22-18-29)39-35-13-5-7-15-37(35)40(38-16-8-6-14-36(38)39)34-24-20-28-10-2-4-12-32(28)26-34;1-2-12-31-26-32(25-20-27(31)10-1)40-37-17-7-5-15-35(37)39(36-16-6-8-18-38(36)40)30-23-21-29(22-24-30)34-19-9-13-28-11-3-4-14-33(28)34/h2*1-26H. The molecule has 0 saturated heterocycles. The predicted molar refractivity (Wildman–Crippen MR) is 346 cm³/mol. The van der Waals surface area contributed by atoms with E-state index in [9.17, 15) is 0 Å². The van der Waals surface area contributed by atoms with Gasteiger partial charge in [0.25, 0.3) is 0 Å². The van der Waals surface area contributed by atoms with Crippen LogP contribution in [0, 0.1) is 0 Å². The van der Waals surface area contributed by atoms with Crippen molar-refractivity contribution in [3.63, 3.8) is 0 Å². The van der Waals surface area contributed by atoms with Gasteiger partial charge in [0, 0.05) is 0 Å². The third kappa shape index (κ3) is 8.25. The van der Waals surface area contributed by atoms with Gasteiger partial charge in [-0.2, -0.15) is 0 Å². The molecule has 0 amide bonds. The Morgan fingerprint density at radius 2 is 0.375 bits per heavy atom. The average molecular weight is 1010 g/mol. The van der Waals surface area contributed by atoms with Crippen LogP contribution in [0.1, 0.15) is 0 Å². The first-order valence-electron chi connectivity index (χ1n) is 27.7. The Labute approximate surface area is 465 Å². The van der Waals surface area contributed by atoms with E-state index in [0.717, 1.165) is 0 Å². The summed E-state index contributed by atoms with van der Waals surface area (Å²) in [6.45, 7) is 0. The van der Waals surface area contributed by atoms with Crippen LogP contribution in [-0.2, 0) is 0 Å². The maximum atomic E-state index is 2.34. The van der Waals surface area contributed by atoms with E-state index in [-0.39, 0.29) is 0 Å². The first-order valence-corrected chi connectivity index (χ1v) is 27.7. The summed E-state index contributed by atoms with van der Waals surface area (Å²) in [6, 6.07) is 115. The highest BCUT2D eigenvalue weighted by molar-refractivity contribution is 6.23. The van der Waals surface area contributed by atoms with Crippen molar-refractivity contribution >= 4 is 86.2 Å². The fourth-order valence-electron chi connectivity index (χ4n) is 12.7. The normalized spacial score (nSPS) is 11.5. The zero-order valence-corrected chi connectivity index (χ0v) is 44.0. The average Bonchev–Trinajstić information content (AvgIpc) is 3.63. The second-order valence-corrected chi connectivity index (χ2v) is 21.0. The molecule has 0 saturated carbocycles. The zero-order chi connectivity index (χ0) is 52.9. The molecular weight excluding hydrogens is 961 g/mol. The highest BCUT2D eigenvalue weighted by Gasteiger charge is 2.19. The summed E-state index contributed by atoms with van der Waals surface area (Å²) < 4.78 is 0. The van der Waals surface area contributed by atoms with Crippen LogP contribution in [0.3, 0.4) is 0 Å². The Balaban J connectivity index is 0.000000138. The molecule has 0 atom stereocenters. The molecule has 0 heterocycles. The summed E-state index contributed by atoms with van der Waals surface area (Å²) in [7, 11) is 0. The molecule has 80 heavy (non-hydrogen) atoms. The molecule has 16 aromatic rings. The first kappa shape index (κ1) is 46.9. The number of hydrogen-bond acceptors (Lipinski definition) is 0. The van der Waals surface area contributed by atoms with E-state index in [0.29, 0.717) is 0 Å². The van der Waals surface area contributed by atoms with Crippen molar-refractivity contribution in [3.05, 3.63) is 315 Å². The Kier molecular flexibility index (Phi) is 11.6. The van der Waals surface area contributed by atoms with Crippen molar-refractivity contribution in [2.75, 3.05) is 0 Å². The molecule has 0 aliphatic carbocycles. The van der Waals surface area contributed by atoms with Gasteiger partial charge in [-0.15, -0.1) is 0 Å². The summed E-state index contributed by atoms with van der Waals surface area (Å²) in [6.07, 6.45) is 0. The van der Waals surface area contributed by atoms with Gasteiger partial charge in [-0.3, -0.25) is 0 Å². The molecule has 0 heteroatoms. The van der Waals surface area contributed by atoms with E-state index in [1.54, 1.807) is 0 Å². The molecule has 0 N–H and O–H groups in total. The van der Waals surface area contributed by atoms with Crippen molar-refractivity contribution in [1.29, 1.82) is 0 Å². The third-order valence-electron chi connectivity index (χ3n) is 16.5. The fraction of sp³-hybridized carbons (Fsp3) is 0. The number of benzene rings is 16. The van der Waals surface area contributed by atoms with Gasteiger partial charge in [0.15, 0.2) is 0 Å². The van der Waals surface area contributed by atoms with Crippen LogP contribution < -0.4 is 0 Å². The summed E-state index contributed by atoms with van der Waals surface area (Å²) in [5, 5.41) is 20.4. The minimum absolute atomic E-state index is 1.23. The van der Waals surface area contributed by atoms with Crippen molar-refractivity contribution in [2.24, 2.45) is 0 Å². The molecule has 372 valence electrons. The Hall–Kier alpha value is -10.4. The van der Waals surface area contributed by atoms with Crippen molar-refractivity contribution in [2.45, 2.75) is 0 Å². The van der Waals surface area contributed by atoms with E-state index >= 15 is 0 Å². The van der Waals surface area contributed by atoms with Gasteiger partial charge in [-0.05, 0) is 171 Å². The maximum Gasteiger partial charge on any atom is -0.00262 e. The fourth-order valence-corrected chi connectivity index (χ4v) is 12.7. The molecule has 0 aliphatic rings. The summed E-state index contributed by atoms with van der Waals surface area (Å²) in [5.41, 5.74) is 15.1. The SMILES string of the molecule is c1ccc2cc(-c3c4ccccc4c(-c4ccc(-c5cccc6ccccc56)cc4)c4ccccc34)ccc2c1.c1ccc2cc(-c3ccc(-c4c5ccccc5c(-c5ccc6ccccc6c5)c5ccccc45)cc3)ccc2c1. The lowest BCUT2D eigenvalue weighted by Crippen LogP contribution is -1.91.